The van der Waals surface area contributed by atoms with Crippen molar-refractivity contribution >= 4 is 0 Å². The molecule has 1 heterocycles. The highest BCUT2D eigenvalue weighted by Gasteiger charge is 2.33. The molecule has 0 aromatic heterocycles. The Hall–Kier alpha value is -0.890. The summed E-state index contributed by atoms with van der Waals surface area (Å²) in [4.78, 5) is 0. The minimum absolute atomic E-state index is 0.0599. The van der Waals surface area contributed by atoms with Crippen molar-refractivity contribution in [1.82, 2.24) is 5.32 Å². The maximum absolute atomic E-state index is 14.0. The molecule has 0 radical (unpaired) electrons. The van der Waals surface area contributed by atoms with Crippen LogP contribution in [0.4, 0.5) is 4.39 Å². The van der Waals surface area contributed by atoms with Gasteiger partial charge in [0, 0.05) is 11.1 Å². The lowest BCUT2D eigenvalue weighted by Gasteiger charge is -2.34. The van der Waals surface area contributed by atoms with Crippen LogP contribution in [-0.4, -0.2) is 6.54 Å². The van der Waals surface area contributed by atoms with E-state index in [-0.39, 0.29) is 11.4 Å². The molecule has 1 nitrogen and oxygen atoms in total. The van der Waals surface area contributed by atoms with E-state index in [1.54, 1.807) is 12.1 Å². The molecule has 1 atom stereocenters. The molecule has 1 aromatic carbocycles. The second kappa shape index (κ2) is 5.63. The first-order chi connectivity index (χ1) is 8.28. The van der Waals surface area contributed by atoms with Crippen molar-refractivity contribution in [1.29, 1.82) is 0 Å². The third-order valence-corrected chi connectivity index (χ3v) is 3.81. The van der Waals surface area contributed by atoms with Crippen LogP contribution < -0.4 is 5.32 Å². The second-order valence-corrected chi connectivity index (χ2v) is 5.05. The van der Waals surface area contributed by atoms with E-state index in [0.717, 1.165) is 31.4 Å². The molecule has 0 spiro atoms. The summed E-state index contributed by atoms with van der Waals surface area (Å²) in [7, 11) is 0. The largest absolute Gasteiger partial charge is 0.307 e. The normalized spacial score (nSPS) is 25.5. The molecule has 1 N–H and O–H groups in total. The number of nitrogens with one attached hydrogen (secondary N) is 1. The van der Waals surface area contributed by atoms with Gasteiger partial charge in [0.2, 0.25) is 0 Å². The summed E-state index contributed by atoms with van der Waals surface area (Å²) in [5.74, 6) is -0.0599. The maximum atomic E-state index is 14.0. The number of rotatable bonds is 3. The summed E-state index contributed by atoms with van der Waals surface area (Å²) in [6, 6.07) is 7.25. The summed E-state index contributed by atoms with van der Waals surface area (Å²) < 4.78 is 14.0. The number of benzene rings is 1. The fourth-order valence-corrected chi connectivity index (χ4v) is 3.00. The van der Waals surface area contributed by atoms with Gasteiger partial charge in [0.15, 0.2) is 0 Å². The highest BCUT2D eigenvalue weighted by atomic mass is 19.1. The lowest BCUT2D eigenvalue weighted by Crippen LogP contribution is -2.42. The summed E-state index contributed by atoms with van der Waals surface area (Å²) in [5, 5.41) is 3.61. The zero-order valence-electron chi connectivity index (χ0n) is 10.6. The Balaban J connectivity index is 2.35. The van der Waals surface area contributed by atoms with Gasteiger partial charge in [-0.05, 0) is 31.9 Å². The predicted octanol–water partition coefficient (Wildman–Crippen LogP) is 3.98. The van der Waals surface area contributed by atoms with E-state index in [9.17, 15) is 4.39 Å². The molecule has 1 aromatic rings. The maximum Gasteiger partial charge on any atom is 0.128 e. The van der Waals surface area contributed by atoms with Crippen molar-refractivity contribution < 1.29 is 4.39 Å². The minimum Gasteiger partial charge on any atom is -0.307 e. The van der Waals surface area contributed by atoms with Gasteiger partial charge in [-0.2, -0.15) is 0 Å². The van der Waals surface area contributed by atoms with E-state index in [1.807, 2.05) is 12.1 Å². The van der Waals surface area contributed by atoms with Crippen LogP contribution in [0.2, 0.25) is 0 Å². The van der Waals surface area contributed by atoms with Crippen molar-refractivity contribution in [2.75, 3.05) is 6.54 Å². The fraction of sp³-hybridized carbons (Fsp3) is 0.600. The zero-order chi connectivity index (χ0) is 12.1. The fourth-order valence-electron chi connectivity index (χ4n) is 3.00. The minimum atomic E-state index is -0.128. The Bertz CT molecular complexity index is 354. The standard InChI is InChI=1S/C15H22FN/c1-2-10-15(11-6-3-7-12-17-15)13-8-4-5-9-14(13)16/h4-5,8-9,17H,2-3,6-7,10-12H2,1H3. The molecule has 1 saturated heterocycles. The molecule has 0 amide bonds. The SMILES string of the molecule is CCCC1(c2ccccc2F)CCCCCN1. The third-order valence-electron chi connectivity index (χ3n) is 3.81. The molecule has 94 valence electrons. The zero-order valence-corrected chi connectivity index (χ0v) is 10.6. The molecule has 0 aliphatic carbocycles. The molecule has 0 bridgehead atoms. The number of hydrogen-bond acceptors (Lipinski definition) is 1. The Kier molecular flexibility index (Phi) is 4.16. The molecule has 1 aliphatic heterocycles. The van der Waals surface area contributed by atoms with Crippen molar-refractivity contribution in [3.63, 3.8) is 0 Å². The third kappa shape index (κ3) is 2.68. The highest BCUT2D eigenvalue weighted by molar-refractivity contribution is 5.26. The van der Waals surface area contributed by atoms with Crippen molar-refractivity contribution in [3.05, 3.63) is 35.6 Å². The molecule has 1 unspecified atom stereocenters. The Morgan fingerprint density at radius 2 is 2.06 bits per heavy atom. The number of halogens is 1. The summed E-state index contributed by atoms with van der Waals surface area (Å²) >= 11 is 0. The first-order valence-corrected chi connectivity index (χ1v) is 6.78. The highest BCUT2D eigenvalue weighted by Crippen LogP contribution is 2.35. The smallest absolute Gasteiger partial charge is 0.128 e. The van der Waals surface area contributed by atoms with E-state index in [2.05, 4.69) is 12.2 Å². The molecule has 0 saturated carbocycles. The van der Waals surface area contributed by atoms with Crippen LogP contribution >= 0.6 is 0 Å². The molecule has 1 fully saturated rings. The van der Waals surface area contributed by atoms with Crippen LogP contribution in [0.5, 0.6) is 0 Å². The Morgan fingerprint density at radius 1 is 1.24 bits per heavy atom. The predicted molar refractivity (Wildman–Crippen MR) is 69.5 cm³/mol. The van der Waals surface area contributed by atoms with Gasteiger partial charge in [-0.1, -0.05) is 44.4 Å². The van der Waals surface area contributed by atoms with Gasteiger partial charge < -0.3 is 5.32 Å². The molecule has 1 aliphatic rings. The Morgan fingerprint density at radius 3 is 2.82 bits per heavy atom. The van der Waals surface area contributed by atoms with Gasteiger partial charge in [-0.25, -0.2) is 4.39 Å². The quantitative estimate of drug-likeness (QED) is 0.835. The van der Waals surface area contributed by atoms with Crippen LogP contribution in [0, 0.1) is 5.82 Å². The molecule has 17 heavy (non-hydrogen) atoms. The van der Waals surface area contributed by atoms with Crippen LogP contribution in [0.1, 0.15) is 51.0 Å². The van der Waals surface area contributed by atoms with Gasteiger partial charge in [0.05, 0.1) is 0 Å². The number of hydrogen-bond donors (Lipinski definition) is 1. The first kappa shape index (κ1) is 12.6. The molecule has 2 heteroatoms. The van der Waals surface area contributed by atoms with E-state index in [0.29, 0.717) is 0 Å². The second-order valence-electron chi connectivity index (χ2n) is 5.05. The van der Waals surface area contributed by atoms with Gasteiger partial charge in [0.25, 0.3) is 0 Å². The molecular weight excluding hydrogens is 213 g/mol. The molecular formula is C15H22FN. The van der Waals surface area contributed by atoms with Gasteiger partial charge in [-0.3, -0.25) is 0 Å². The summed E-state index contributed by atoms with van der Waals surface area (Å²) in [5.41, 5.74) is 0.736. The van der Waals surface area contributed by atoms with Crippen LogP contribution in [0.15, 0.2) is 24.3 Å². The van der Waals surface area contributed by atoms with Crippen LogP contribution in [0.3, 0.4) is 0 Å². The lowest BCUT2D eigenvalue weighted by molar-refractivity contribution is 0.286. The monoisotopic (exact) mass is 235 g/mol. The molecule has 2 rings (SSSR count). The first-order valence-electron chi connectivity index (χ1n) is 6.78. The van der Waals surface area contributed by atoms with Crippen molar-refractivity contribution in [2.24, 2.45) is 0 Å². The van der Waals surface area contributed by atoms with Crippen molar-refractivity contribution in [2.45, 2.75) is 51.0 Å². The van der Waals surface area contributed by atoms with Crippen LogP contribution in [0.25, 0.3) is 0 Å². The average molecular weight is 235 g/mol. The summed E-state index contributed by atoms with van der Waals surface area (Å²) in [6.45, 7) is 3.18. The van der Waals surface area contributed by atoms with E-state index in [4.69, 9.17) is 0 Å². The van der Waals surface area contributed by atoms with Crippen LogP contribution in [-0.2, 0) is 5.54 Å². The lowest BCUT2D eigenvalue weighted by atomic mass is 9.81. The van der Waals surface area contributed by atoms with E-state index >= 15 is 0 Å². The van der Waals surface area contributed by atoms with E-state index in [1.165, 1.54) is 19.3 Å². The van der Waals surface area contributed by atoms with Crippen molar-refractivity contribution in [3.8, 4) is 0 Å². The van der Waals surface area contributed by atoms with Gasteiger partial charge >= 0.3 is 0 Å². The van der Waals surface area contributed by atoms with E-state index < -0.39 is 0 Å². The van der Waals surface area contributed by atoms with Gasteiger partial charge in [-0.15, -0.1) is 0 Å². The topological polar surface area (TPSA) is 12.0 Å². The van der Waals surface area contributed by atoms with Gasteiger partial charge in [0.1, 0.15) is 5.82 Å². The Labute approximate surface area is 103 Å². The average Bonchev–Trinajstić information content (AvgIpc) is 2.57. The summed E-state index contributed by atoms with van der Waals surface area (Å²) in [6.07, 6.45) is 6.82.